The number of pyridine rings is 1. The first-order chi connectivity index (χ1) is 11.2. The number of hydrogen-bond acceptors (Lipinski definition) is 4. The summed E-state index contributed by atoms with van der Waals surface area (Å²) in [6, 6.07) is 6.55. The Morgan fingerprint density at radius 3 is 2.52 bits per heavy atom. The summed E-state index contributed by atoms with van der Waals surface area (Å²) in [5.41, 5.74) is 1.33. The third-order valence-corrected chi connectivity index (χ3v) is 3.91. The van der Waals surface area contributed by atoms with Gasteiger partial charge in [0, 0.05) is 19.3 Å². The maximum absolute atomic E-state index is 13.5. The van der Waals surface area contributed by atoms with E-state index in [2.05, 4.69) is 9.88 Å². The average molecular weight is 312 g/mol. The molecule has 3 rings (SSSR count). The molecule has 0 amide bonds. The molecule has 4 nitrogen and oxygen atoms in total. The second-order valence-electron chi connectivity index (χ2n) is 5.54. The molecule has 118 valence electrons. The topological polar surface area (TPSA) is 53.4 Å². The third-order valence-electron chi connectivity index (χ3n) is 3.91. The molecule has 0 spiro atoms. The predicted molar refractivity (Wildman–Crippen MR) is 88.1 cm³/mol. The Balaban J connectivity index is 1.77. The van der Waals surface area contributed by atoms with Gasteiger partial charge in [0.1, 0.15) is 5.82 Å². The summed E-state index contributed by atoms with van der Waals surface area (Å²) in [5, 5.41) is 9.40. The van der Waals surface area contributed by atoms with Gasteiger partial charge in [0.05, 0.1) is 5.56 Å². The summed E-state index contributed by atoms with van der Waals surface area (Å²) in [5.74, 6) is -0.455. The number of carbonyl (C=O) groups excluding carboxylic acids is 1. The van der Waals surface area contributed by atoms with E-state index < -0.39 is 11.6 Å². The van der Waals surface area contributed by atoms with Crippen molar-refractivity contribution in [1.29, 1.82) is 0 Å². The summed E-state index contributed by atoms with van der Waals surface area (Å²) in [7, 11) is 0. The van der Waals surface area contributed by atoms with E-state index in [0.29, 0.717) is 11.8 Å². The molecule has 1 aliphatic heterocycles. The van der Waals surface area contributed by atoms with Crippen LogP contribution in [0.2, 0.25) is 0 Å². The molecule has 0 bridgehead atoms. The van der Waals surface area contributed by atoms with Crippen LogP contribution in [-0.4, -0.2) is 29.5 Å². The van der Waals surface area contributed by atoms with Crippen LogP contribution in [0.4, 0.5) is 10.2 Å². The van der Waals surface area contributed by atoms with Gasteiger partial charge in [-0.3, -0.25) is 4.79 Å². The monoisotopic (exact) mass is 312 g/mol. The molecular formula is C18H17FN2O2. The van der Waals surface area contributed by atoms with E-state index >= 15 is 0 Å². The number of benzene rings is 1. The van der Waals surface area contributed by atoms with Gasteiger partial charge < -0.3 is 10.0 Å². The molecule has 1 N–H and O–H groups in total. The van der Waals surface area contributed by atoms with E-state index in [1.165, 1.54) is 25.0 Å². The van der Waals surface area contributed by atoms with Crippen LogP contribution in [-0.2, 0) is 0 Å². The van der Waals surface area contributed by atoms with Crippen LogP contribution in [0, 0.1) is 5.82 Å². The minimum absolute atomic E-state index is 0.0628. The predicted octanol–water partition coefficient (Wildman–Crippen LogP) is 3.51. The summed E-state index contributed by atoms with van der Waals surface area (Å²) < 4.78 is 13.5. The maximum Gasteiger partial charge on any atom is 0.166 e. The molecule has 2 heterocycles. The number of halogens is 1. The van der Waals surface area contributed by atoms with Crippen molar-refractivity contribution in [3.63, 3.8) is 0 Å². The molecule has 2 aromatic rings. The summed E-state index contributed by atoms with van der Waals surface area (Å²) in [4.78, 5) is 17.5. The number of phenolic OH excluding ortho intramolecular Hbond substituents is 1. The number of phenols is 1. The van der Waals surface area contributed by atoms with Crippen molar-refractivity contribution in [2.45, 2.75) is 12.8 Å². The highest BCUT2D eigenvalue weighted by molar-refractivity contribution is 5.82. The number of aromatic hydroxyl groups is 1. The third kappa shape index (κ3) is 3.39. The van der Waals surface area contributed by atoms with Gasteiger partial charge in [-0.15, -0.1) is 0 Å². The van der Waals surface area contributed by atoms with Gasteiger partial charge >= 0.3 is 0 Å². The van der Waals surface area contributed by atoms with Crippen LogP contribution >= 0.6 is 0 Å². The Hall–Kier alpha value is -2.69. The molecule has 5 heteroatoms. The number of aldehydes is 1. The van der Waals surface area contributed by atoms with E-state index in [1.54, 1.807) is 18.3 Å². The van der Waals surface area contributed by atoms with Gasteiger partial charge in [0.25, 0.3) is 0 Å². The normalized spacial score (nSPS) is 14.6. The van der Waals surface area contributed by atoms with Gasteiger partial charge in [-0.2, -0.15) is 0 Å². The van der Waals surface area contributed by atoms with Crippen LogP contribution in [0.25, 0.3) is 12.2 Å². The highest BCUT2D eigenvalue weighted by atomic mass is 19.1. The lowest BCUT2D eigenvalue weighted by molar-refractivity contribution is 0.112. The number of hydrogen-bond donors (Lipinski definition) is 1. The molecule has 1 fully saturated rings. The fourth-order valence-electron chi connectivity index (χ4n) is 2.65. The van der Waals surface area contributed by atoms with Gasteiger partial charge in [0.2, 0.25) is 0 Å². The SMILES string of the molecule is O=Cc1cc(/C=C/c2ccc(N3CCCC3)nc2)cc(F)c1O. The zero-order valence-electron chi connectivity index (χ0n) is 12.6. The lowest BCUT2D eigenvalue weighted by Gasteiger charge is -2.15. The molecule has 1 aliphatic rings. The fraction of sp³-hybridized carbons (Fsp3) is 0.222. The van der Waals surface area contributed by atoms with Crippen molar-refractivity contribution in [2.75, 3.05) is 18.0 Å². The second kappa shape index (κ2) is 6.60. The number of rotatable bonds is 4. The van der Waals surface area contributed by atoms with Crippen molar-refractivity contribution in [3.05, 3.63) is 53.0 Å². The molecule has 1 saturated heterocycles. The van der Waals surface area contributed by atoms with E-state index in [4.69, 9.17) is 0 Å². The molecule has 0 radical (unpaired) electrons. The Kier molecular flexibility index (Phi) is 4.37. The number of carbonyl (C=O) groups is 1. The van der Waals surface area contributed by atoms with Crippen molar-refractivity contribution >= 4 is 24.3 Å². The Morgan fingerprint density at radius 2 is 1.87 bits per heavy atom. The van der Waals surface area contributed by atoms with E-state index in [9.17, 15) is 14.3 Å². The second-order valence-corrected chi connectivity index (χ2v) is 5.54. The molecule has 0 saturated carbocycles. The first-order valence-electron chi connectivity index (χ1n) is 7.54. The standard InChI is InChI=1S/C18H17FN2O2/c19-16-10-14(9-15(12-22)18(16)23)4-3-13-5-6-17(20-11-13)21-7-1-2-8-21/h3-6,9-12,23H,1-2,7-8H2/b4-3+. The lowest BCUT2D eigenvalue weighted by Crippen LogP contribution is -2.18. The molecule has 0 unspecified atom stereocenters. The molecule has 23 heavy (non-hydrogen) atoms. The van der Waals surface area contributed by atoms with Crippen molar-refractivity contribution in [2.24, 2.45) is 0 Å². The Bertz CT molecular complexity index is 735. The van der Waals surface area contributed by atoms with Crippen LogP contribution in [0.3, 0.4) is 0 Å². The number of aromatic nitrogens is 1. The maximum atomic E-state index is 13.5. The highest BCUT2D eigenvalue weighted by Crippen LogP contribution is 2.23. The van der Waals surface area contributed by atoms with Crippen LogP contribution in [0.1, 0.15) is 34.3 Å². The minimum Gasteiger partial charge on any atom is -0.504 e. The molecule has 0 atom stereocenters. The zero-order valence-corrected chi connectivity index (χ0v) is 12.6. The number of anilines is 1. The first kappa shape index (κ1) is 15.2. The van der Waals surface area contributed by atoms with Gasteiger partial charge in [-0.1, -0.05) is 12.2 Å². The van der Waals surface area contributed by atoms with Crippen molar-refractivity contribution in [1.82, 2.24) is 4.98 Å². The fourth-order valence-corrected chi connectivity index (χ4v) is 2.65. The smallest absolute Gasteiger partial charge is 0.166 e. The molecule has 1 aromatic carbocycles. The molecule has 1 aromatic heterocycles. The largest absolute Gasteiger partial charge is 0.504 e. The van der Waals surface area contributed by atoms with E-state index in [-0.39, 0.29) is 5.56 Å². The van der Waals surface area contributed by atoms with Gasteiger partial charge in [-0.05, 0) is 48.2 Å². The van der Waals surface area contributed by atoms with E-state index in [0.717, 1.165) is 24.5 Å². The first-order valence-corrected chi connectivity index (χ1v) is 7.54. The Labute approximate surface area is 133 Å². The summed E-state index contributed by atoms with van der Waals surface area (Å²) >= 11 is 0. The summed E-state index contributed by atoms with van der Waals surface area (Å²) in [6.07, 6.45) is 8.08. The van der Waals surface area contributed by atoms with Crippen molar-refractivity contribution in [3.8, 4) is 5.75 Å². The molecule has 0 aliphatic carbocycles. The zero-order chi connectivity index (χ0) is 16.2. The molecular weight excluding hydrogens is 295 g/mol. The van der Waals surface area contributed by atoms with Crippen LogP contribution in [0.5, 0.6) is 5.75 Å². The van der Waals surface area contributed by atoms with Gasteiger partial charge in [-0.25, -0.2) is 9.37 Å². The van der Waals surface area contributed by atoms with Crippen molar-refractivity contribution < 1.29 is 14.3 Å². The lowest BCUT2D eigenvalue weighted by atomic mass is 10.1. The van der Waals surface area contributed by atoms with E-state index in [1.807, 2.05) is 12.1 Å². The minimum atomic E-state index is -0.809. The van der Waals surface area contributed by atoms with Gasteiger partial charge in [0.15, 0.2) is 17.9 Å². The number of nitrogens with zero attached hydrogens (tertiary/aromatic N) is 2. The van der Waals surface area contributed by atoms with Crippen LogP contribution < -0.4 is 4.90 Å². The quantitative estimate of drug-likeness (QED) is 0.878. The Morgan fingerprint density at radius 1 is 1.13 bits per heavy atom. The summed E-state index contributed by atoms with van der Waals surface area (Å²) in [6.45, 7) is 2.09. The van der Waals surface area contributed by atoms with Crippen LogP contribution in [0.15, 0.2) is 30.5 Å². The average Bonchev–Trinajstić information content (AvgIpc) is 3.11. The highest BCUT2D eigenvalue weighted by Gasteiger charge is 2.12.